The molecule has 0 aliphatic heterocycles. The summed E-state index contributed by atoms with van der Waals surface area (Å²) < 4.78 is 6.10. The molecule has 3 atom stereocenters. The van der Waals surface area contributed by atoms with Crippen molar-refractivity contribution in [2.45, 2.75) is 95.9 Å². The molecule has 0 radical (unpaired) electrons. The van der Waals surface area contributed by atoms with Crippen LogP contribution in [0, 0.1) is 5.92 Å². The van der Waals surface area contributed by atoms with Gasteiger partial charge in [0.1, 0.15) is 6.10 Å². The lowest BCUT2D eigenvalue weighted by molar-refractivity contribution is -0.140. The van der Waals surface area contributed by atoms with Gasteiger partial charge in [-0.15, -0.1) is 12.4 Å². The summed E-state index contributed by atoms with van der Waals surface area (Å²) in [6.45, 7) is 4.31. The van der Waals surface area contributed by atoms with Crippen LogP contribution in [0.1, 0.15) is 71.6 Å². The molecule has 0 aromatic rings. The van der Waals surface area contributed by atoms with Crippen LogP contribution in [0.15, 0.2) is 0 Å². The second-order valence-corrected chi connectivity index (χ2v) is 7.05. The molecule has 0 saturated heterocycles. The number of nitrogens with one attached hydrogen (secondary N) is 1. The van der Waals surface area contributed by atoms with Gasteiger partial charge in [0.2, 0.25) is 5.91 Å². The van der Waals surface area contributed by atoms with E-state index in [9.17, 15) is 4.79 Å². The van der Waals surface area contributed by atoms with Crippen LogP contribution in [-0.2, 0) is 9.53 Å². The van der Waals surface area contributed by atoms with E-state index in [0.29, 0.717) is 12.1 Å². The molecule has 2 fully saturated rings. The van der Waals surface area contributed by atoms with E-state index in [2.05, 4.69) is 12.2 Å². The van der Waals surface area contributed by atoms with E-state index >= 15 is 0 Å². The summed E-state index contributed by atoms with van der Waals surface area (Å²) in [7, 11) is 0. The Morgan fingerprint density at radius 3 is 2.50 bits per heavy atom. The minimum absolute atomic E-state index is 0. The molecule has 0 aromatic carbocycles. The lowest BCUT2D eigenvalue weighted by atomic mass is 9.88. The summed E-state index contributed by atoms with van der Waals surface area (Å²) in [6, 6.07) is 0.611. The van der Waals surface area contributed by atoms with Crippen LogP contribution in [0.3, 0.4) is 0 Å². The molecule has 0 bridgehead atoms. The number of carbonyl (C=O) groups excluding carboxylic acids is 1. The third-order valence-electron chi connectivity index (χ3n) is 5.03. The highest BCUT2D eigenvalue weighted by Gasteiger charge is 2.28. The molecule has 3 N–H and O–H groups in total. The van der Waals surface area contributed by atoms with Gasteiger partial charge in [0.05, 0.1) is 6.10 Å². The lowest BCUT2D eigenvalue weighted by Crippen LogP contribution is -2.46. The van der Waals surface area contributed by atoms with Crippen LogP contribution < -0.4 is 11.1 Å². The molecule has 22 heavy (non-hydrogen) atoms. The van der Waals surface area contributed by atoms with Gasteiger partial charge in [-0.3, -0.25) is 4.79 Å². The number of halogens is 1. The SMILES string of the molecule is CCC(OC1CCCC(C)C1)C(=O)NC1CCC(N)CC1.Cl. The summed E-state index contributed by atoms with van der Waals surface area (Å²) in [5, 5.41) is 3.17. The molecule has 2 aliphatic rings. The van der Waals surface area contributed by atoms with Gasteiger partial charge in [-0.05, 0) is 50.9 Å². The van der Waals surface area contributed by atoms with E-state index in [0.717, 1.165) is 50.9 Å². The summed E-state index contributed by atoms with van der Waals surface area (Å²) in [5.74, 6) is 0.806. The van der Waals surface area contributed by atoms with Gasteiger partial charge in [-0.1, -0.05) is 26.7 Å². The Kier molecular flexibility index (Phi) is 8.73. The van der Waals surface area contributed by atoms with E-state index in [-0.39, 0.29) is 30.5 Å². The predicted molar refractivity (Wildman–Crippen MR) is 92.2 cm³/mol. The molecule has 2 aliphatic carbocycles. The van der Waals surface area contributed by atoms with Crippen LogP contribution >= 0.6 is 12.4 Å². The molecule has 0 heterocycles. The number of nitrogens with two attached hydrogens (primary N) is 1. The number of hydrogen-bond acceptors (Lipinski definition) is 3. The van der Waals surface area contributed by atoms with E-state index < -0.39 is 0 Å². The van der Waals surface area contributed by atoms with Gasteiger partial charge in [-0.25, -0.2) is 0 Å². The molecule has 4 nitrogen and oxygen atoms in total. The van der Waals surface area contributed by atoms with Crippen molar-refractivity contribution in [3.05, 3.63) is 0 Å². The molecule has 0 aromatic heterocycles. The molecule has 2 rings (SSSR count). The summed E-state index contributed by atoms with van der Waals surface area (Å²) in [4.78, 5) is 12.4. The zero-order valence-corrected chi connectivity index (χ0v) is 14.9. The zero-order valence-electron chi connectivity index (χ0n) is 14.1. The highest BCUT2D eigenvalue weighted by Crippen LogP contribution is 2.27. The second kappa shape index (κ2) is 9.74. The fourth-order valence-corrected chi connectivity index (χ4v) is 3.64. The van der Waals surface area contributed by atoms with Crippen LogP contribution in [0.4, 0.5) is 0 Å². The number of ether oxygens (including phenoxy) is 1. The van der Waals surface area contributed by atoms with Gasteiger partial charge in [0.15, 0.2) is 0 Å². The molecule has 130 valence electrons. The average molecular weight is 333 g/mol. The predicted octanol–water partition coefficient (Wildman–Crippen LogP) is 3.17. The Hall–Kier alpha value is -0.320. The Bertz CT molecular complexity index is 333. The van der Waals surface area contributed by atoms with E-state index in [1.54, 1.807) is 0 Å². The quantitative estimate of drug-likeness (QED) is 0.812. The number of rotatable bonds is 5. The van der Waals surface area contributed by atoms with Crippen molar-refractivity contribution in [3.63, 3.8) is 0 Å². The lowest BCUT2D eigenvalue weighted by Gasteiger charge is -2.32. The van der Waals surface area contributed by atoms with Crippen LogP contribution in [0.2, 0.25) is 0 Å². The van der Waals surface area contributed by atoms with Gasteiger partial charge < -0.3 is 15.8 Å². The second-order valence-electron chi connectivity index (χ2n) is 7.05. The van der Waals surface area contributed by atoms with Crippen molar-refractivity contribution in [1.82, 2.24) is 5.32 Å². The normalized spacial score (nSPS) is 33.6. The van der Waals surface area contributed by atoms with E-state index in [1.807, 2.05) is 6.92 Å². The fourth-order valence-electron chi connectivity index (χ4n) is 3.64. The van der Waals surface area contributed by atoms with Crippen molar-refractivity contribution in [2.24, 2.45) is 11.7 Å². The van der Waals surface area contributed by atoms with Crippen molar-refractivity contribution < 1.29 is 9.53 Å². The standard InChI is InChI=1S/C17H32N2O2.ClH/c1-3-16(21-15-6-4-5-12(2)11-15)17(20)19-14-9-7-13(18)8-10-14;/h12-16H,3-11,18H2,1-2H3,(H,19,20);1H. The summed E-state index contributed by atoms with van der Waals surface area (Å²) in [6.07, 6.45) is 9.51. The molecule has 1 amide bonds. The van der Waals surface area contributed by atoms with Crippen LogP contribution in [-0.4, -0.2) is 30.2 Å². The zero-order chi connectivity index (χ0) is 15.2. The molecular weight excluding hydrogens is 300 g/mol. The van der Waals surface area contributed by atoms with Crippen molar-refractivity contribution in [2.75, 3.05) is 0 Å². The maximum atomic E-state index is 12.4. The van der Waals surface area contributed by atoms with E-state index in [1.165, 1.54) is 12.8 Å². The minimum Gasteiger partial charge on any atom is -0.365 e. The Morgan fingerprint density at radius 2 is 1.91 bits per heavy atom. The number of hydrogen-bond donors (Lipinski definition) is 2. The number of carbonyl (C=O) groups is 1. The monoisotopic (exact) mass is 332 g/mol. The first-order valence-corrected chi connectivity index (χ1v) is 8.79. The molecular formula is C17H33ClN2O2. The highest BCUT2D eigenvalue weighted by molar-refractivity contribution is 5.85. The topological polar surface area (TPSA) is 64.3 Å². The molecule has 5 heteroatoms. The van der Waals surface area contributed by atoms with Crippen molar-refractivity contribution in [1.29, 1.82) is 0 Å². The van der Waals surface area contributed by atoms with Gasteiger partial charge >= 0.3 is 0 Å². The maximum Gasteiger partial charge on any atom is 0.249 e. The summed E-state index contributed by atoms with van der Waals surface area (Å²) >= 11 is 0. The Morgan fingerprint density at radius 1 is 1.23 bits per heavy atom. The van der Waals surface area contributed by atoms with Gasteiger partial charge in [-0.2, -0.15) is 0 Å². The smallest absolute Gasteiger partial charge is 0.249 e. The largest absolute Gasteiger partial charge is 0.365 e. The third kappa shape index (κ3) is 6.05. The van der Waals surface area contributed by atoms with Crippen LogP contribution in [0.5, 0.6) is 0 Å². The first-order chi connectivity index (χ1) is 10.1. The molecule has 2 saturated carbocycles. The van der Waals surface area contributed by atoms with Gasteiger partial charge in [0.25, 0.3) is 0 Å². The summed E-state index contributed by atoms with van der Waals surface area (Å²) in [5.41, 5.74) is 5.91. The van der Waals surface area contributed by atoms with Gasteiger partial charge in [0, 0.05) is 12.1 Å². The Balaban J connectivity index is 0.00000242. The average Bonchev–Trinajstić information content (AvgIpc) is 2.47. The van der Waals surface area contributed by atoms with Crippen molar-refractivity contribution in [3.8, 4) is 0 Å². The van der Waals surface area contributed by atoms with Crippen molar-refractivity contribution >= 4 is 18.3 Å². The molecule has 3 unspecified atom stereocenters. The van der Waals surface area contributed by atoms with Crippen LogP contribution in [0.25, 0.3) is 0 Å². The first kappa shape index (κ1) is 19.7. The molecule has 0 spiro atoms. The maximum absolute atomic E-state index is 12.4. The third-order valence-corrected chi connectivity index (χ3v) is 5.03. The highest BCUT2D eigenvalue weighted by atomic mass is 35.5. The minimum atomic E-state index is -0.282. The fraction of sp³-hybridized carbons (Fsp3) is 0.941. The number of amides is 1. The van der Waals surface area contributed by atoms with E-state index in [4.69, 9.17) is 10.5 Å². The first-order valence-electron chi connectivity index (χ1n) is 8.79. The Labute approximate surface area is 141 Å².